The Kier molecular flexibility index (Phi) is 14.1. The number of likely N-dealkylation sites (N-methyl/N-ethyl adjacent to an activating group) is 1. The van der Waals surface area contributed by atoms with Crippen LogP contribution in [0, 0.1) is 0 Å². The van der Waals surface area contributed by atoms with Gasteiger partial charge in [-0.15, -0.1) is 0 Å². The van der Waals surface area contributed by atoms with E-state index in [4.69, 9.17) is 26.8 Å². The number of anilines is 3. The second-order valence-electron chi connectivity index (χ2n) is 15.0. The van der Waals surface area contributed by atoms with Gasteiger partial charge in [-0.05, 0) is 85.9 Å². The van der Waals surface area contributed by atoms with E-state index in [0.717, 1.165) is 42.5 Å². The van der Waals surface area contributed by atoms with E-state index in [2.05, 4.69) is 24.1 Å². The summed E-state index contributed by atoms with van der Waals surface area (Å²) < 4.78 is 53.0. The Morgan fingerprint density at radius 3 is 2.31 bits per heavy atom. The Morgan fingerprint density at radius 1 is 0.949 bits per heavy atom. The van der Waals surface area contributed by atoms with Crippen molar-refractivity contribution in [2.24, 2.45) is 0 Å². The number of amides is 4. The molecule has 6 rings (SSSR count). The predicted molar refractivity (Wildman–Crippen MR) is 218 cm³/mol. The van der Waals surface area contributed by atoms with Crippen molar-refractivity contribution in [3.05, 3.63) is 87.9 Å². The number of nitrogens with one attached hydrogen (secondary N) is 1. The first-order valence-corrected chi connectivity index (χ1v) is 20.4. The molecule has 3 aromatic rings. The summed E-state index contributed by atoms with van der Waals surface area (Å²) in [4.78, 5) is 62.3. The number of benzene rings is 3. The number of carbonyl (C=O) groups is 4. The molecule has 0 bridgehead atoms. The second-order valence-corrected chi connectivity index (χ2v) is 15.4. The summed E-state index contributed by atoms with van der Waals surface area (Å²) in [6.07, 6.45) is -5.48. The number of esters is 1. The van der Waals surface area contributed by atoms with Gasteiger partial charge in [0.05, 0.1) is 21.8 Å². The molecule has 2 saturated heterocycles. The van der Waals surface area contributed by atoms with Gasteiger partial charge in [0.25, 0.3) is 5.91 Å². The van der Waals surface area contributed by atoms with E-state index < -0.39 is 41.5 Å². The van der Waals surface area contributed by atoms with Gasteiger partial charge < -0.3 is 45.0 Å². The molecule has 3 aromatic carbocycles. The molecule has 2 fully saturated rings. The minimum Gasteiger partial charge on any atom is -0.461 e. The number of para-hydroxylation sites is 1. The van der Waals surface area contributed by atoms with Crippen molar-refractivity contribution < 1.29 is 41.8 Å². The zero-order valence-electron chi connectivity index (χ0n) is 33.3. The van der Waals surface area contributed by atoms with Crippen molar-refractivity contribution in [3.8, 4) is 0 Å². The van der Waals surface area contributed by atoms with Crippen LogP contribution in [-0.4, -0.2) is 121 Å². The van der Waals surface area contributed by atoms with Crippen LogP contribution in [0.5, 0.6) is 0 Å². The molecule has 0 radical (unpaired) electrons. The fourth-order valence-corrected chi connectivity index (χ4v) is 8.03. The van der Waals surface area contributed by atoms with Gasteiger partial charge in [0, 0.05) is 76.2 Å². The molecule has 3 aliphatic rings. The van der Waals surface area contributed by atoms with Crippen LogP contribution in [0.4, 0.5) is 39.8 Å². The number of hydrogen-bond acceptors (Lipinski definition) is 9. The number of fused-ring (bicyclic) bond motifs is 1. The monoisotopic (exact) mass is 841 g/mol. The number of ether oxygens (including phenoxy) is 2. The molecule has 3 heterocycles. The van der Waals surface area contributed by atoms with Gasteiger partial charge in [-0.3, -0.25) is 4.79 Å². The van der Waals surface area contributed by atoms with Crippen molar-refractivity contribution in [2.45, 2.75) is 64.4 Å². The third-order valence-electron chi connectivity index (χ3n) is 11.1. The van der Waals surface area contributed by atoms with Crippen molar-refractivity contribution in [2.75, 3.05) is 81.5 Å². The zero-order chi connectivity index (χ0) is 42.3. The van der Waals surface area contributed by atoms with Crippen LogP contribution < -0.4 is 16.0 Å². The van der Waals surface area contributed by atoms with Crippen LogP contribution in [0.3, 0.4) is 0 Å². The summed E-state index contributed by atoms with van der Waals surface area (Å²) in [7, 11) is 0. The average molecular weight is 842 g/mol. The third kappa shape index (κ3) is 10.7. The molecule has 0 unspecified atom stereocenters. The largest absolute Gasteiger partial charge is 0.461 e. The fraction of sp³-hybridized carbons (Fsp3) is 0.476. The van der Waals surface area contributed by atoms with Gasteiger partial charge in [-0.25, -0.2) is 14.4 Å². The maximum Gasteiger partial charge on any atom is 0.418 e. The van der Waals surface area contributed by atoms with Crippen molar-refractivity contribution in [3.63, 3.8) is 0 Å². The Morgan fingerprint density at radius 2 is 1.64 bits per heavy atom. The number of nitrogen functional groups attached to an aromatic ring is 1. The van der Waals surface area contributed by atoms with Crippen LogP contribution in [0.15, 0.2) is 60.7 Å². The van der Waals surface area contributed by atoms with Gasteiger partial charge >= 0.3 is 24.3 Å². The van der Waals surface area contributed by atoms with E-state index in [1.807, 2.05) is 41.3 Å². The van der Waals surface area contributed by atoms with E-state index in [1.54, 1.807) is 17.0 Å². The molecule has 0 saturated carbocycles. The number of likely N-dealkylation sites (tertiary alicyclic amines) is 1. The normalized spacial score (nSPS) is 16.8. The summed E-state index contributed by atoms with van der Waals surface area (Å²) >= 11 is 6.13. The van der Waals surface area contributed by atoms with Gasteiger partial charge in [-0.2, -0.15) is 13.2 Å². The summed E-state index contributed by atoms with van der Waals surface area (Å²) in [5, 5.41) is 2.59. The fourth-order valence-electron chi connectivity index (χ4n) is 7.79. The molecule has 0 spiro atoms. The van der Waals surface area contributed by atoms with Crippen LogP contribution in [-0.2, 0) is 33.4 Å². The minimum absolute atomic E-state index is 0.0266. The zero-order valence-corrected chi connectivity index (χ0v) is 34.1. The predicted octanol–water partition coefficient (Wildman–Crippen LogP) is 6.74. The Hall–Kier alpha value is -5.22. The number of piperazine rings is 1. The molecule has 17 heteroatoms. The van der Waals surface area contributed by atoms with E-state index in [1.165, 1.54) is 15.9 Å². The quantitative estimate of drug-likeness (QED) is 0.142. The lowest BCUT2D eigenvalue weighted by atomic mass is 10.0. The standard InChI is InChI=1S/C42H51ClF3N7O6/c1-3-15-49(4-2)22-23-58-39(55)29-9-11-31(12-10-29)50-18-20-51(21-19-50)38(54)36(26-28-24-33(42(44,45)46)37(47)34(43)25-28)59-41(57)52-16-13-32(14-17-52)53-27-30-7-5-6-8-35(30)48-40(53)56/h5-12,24-25,32,36H,3-4,13-23,26-27,47H2,1-2H3,(H,48,56)/t36-/m1/s1. The van der Waals surface area contributed by atoms with E-state index in [-0.39, 0.29) is 55.3 Å². The van der Waals surface area contributed by atoms with Crippen LogP contribution in [0.2, 0.25) is 5.02 Å². The number of piperidine rings is 1. The highest BCUT2D eigenvalue weighted by molar-refractivity contribution is 6.33. The number of alkyl halides is 3. The average Bonchev–Trinajstić information content (AvgIpc) is 3.23. The third-order valence-corrected chi connectivity index (χ3v) is 11.5. The number of carbonyl (C=O) groups excluding carboxylic acids is 4. The summed E-state index contributed by atoms with van der Waals surface area (Å²) in [5.41, 5.74) is 6.93. The molecular formula is C42H51ClF3N7O6. The highest BCUT2D eigenvalue weighted by Crippen LogP contribution is 2.38. The first-order valence-electron chi connectivity index (χ1n) is 20.0. The molecule has 318 valence electrons. The van der Waals surface area contributed by atoms with E-state index >= 15 is 0 Å². The molecular weight excluding hydrogens is 791 g/mol. The number of urea groups is 1. The minimum atomic E-state index is -4.81. The van der Waals surface area contributed by atoms with Gasteiger partial charge in [0.15, 0.2) is 6.10 Å². The highest BCUT2D eigenvalue weighted by atomic mass is 35.5. The number of halogens is 4. The van der Waals surface area contributed by atoms with Gasteiger partial charge in [0.2, 0.25) is 0 Å². The number of nitrogens with zero attached hydrogens (tertiary/aromatic N) is 5. The molecule has 3 aliphatic heterocycles. The molecule has 0 aliphatic carbocycles. The first-order chi connectivity index (χ1) is 28.2. The van der Waals surface area contributed by atoms with Gasteiger partial charge in [-0.1, -0.05) is 43.6 Å². The van der Waals surface area contributed by atoms with Crippen LogP contribution in [0.1, 0.15) is 60.2 Å². The number of rotatable bonds is 13. The first kappa shape index (κ1) is 43.4. The van der Waals surface area contributed by atoms with Crippen molar-refractivity contribution in [1.82, 2.24) is 19.6 Å². The highest BCUT2D eigenvalue weighted by Gasteiger charge is 2.38. The summed E-state index contributed by atoms with van der Waals surface area (Å²) in [6, 6.07) is 16.3. The lowest BCUT2D eigenvalue weighted by Gasteiger charge is -2.40. The topological polar surface area (TPSA) is 141 Å². The van der Waals surface area contributed by atoms with Crippen molar-refractivity contribution in [1.29, 1.82) is 0 Å². The van der Waals surface area contributed by atoms with E-state index in [0.29, 0.717) is 51.2 Å². The lowest BCUT2D eigenvalue weighted by Crippen LogP contribution is -2.54. The molecule has 3 N–H and O–H groups in total. The molecule has 13 nitrogen and oxygen atoms in total. The van der Waals surface area contributed by atoms with Crippen molar-refractivity contribution >= 4 is 52.7 Å². The SMILES string of the molecule is CCCN(CC)CCOC(=O)c1ccc(N2CCN(C(=O)[C@@H](Cc3cc(Cl)c(N)c(C(F)(F)F)c3)OC(=O)N3CCC(N4Cc5ccccc5NC4=O)CC3)CC2)cc1. The lowest BCUT2D eigenvalue weighted by molar-refractivity contribution is -0.141. The summed E-state index contributed by atoms with van der Waals surface area (Å²) in [5.74, 6) is -0.966. The molecule has 4 amide bonds. The maximum atomic E-state index is 14.1. The maximum absolute atomic E-state index is 14.1. The molecule has 59 heavy (non-hydrogen) atoms. The van der Waals surface area contributed by atoms with E-state index in [9.17, 15) is 32.3 Å². The number of nitrogens with two attached hydrogens (primary N) is 1. The Bertz CT molecular complexity index is 1970. The number of hydrogen-bond donors (Lipinski definition) is 2. The Balaban J connectivity index is 1.09. The summed E-state index contributed by atoms with van der Waals surface area (Å²) in [6.45, 7) is 9.16. The molecule has 1 atom stereocenters. The smallest absolute Gasteiger partial charge is 0.418 e. The molecule has 0 aromatic heterocycles. The Labute approximate surface area is 347 Å². The van der Waals surface area contributed by atoms with Crippen LogP contribution in [0.25, 0.3) is 0 Å². The van der Waals surface area contributed by atoms with Gasteiger partial charge in [0.1, 0.15) is 6.61 Å². The van der Waals surface area contributed by atoms with Crippen LogP contribution >= 0.6 is 11.6 Å². The second kappa shape index (κ2) is 19.2.